The molecule has 0 unspecified atom stereocenters. The molecule has 1 aromatic carbocycles. The number of benzene rings is 1. The second-order valence-corrected chi connectivity index (χ2v) is 6.22. The zero-order chi connectivity index (χ0) is 13.2. The Morgan fingerprint density at radius 1 is 1.11 bits per heavy atom. The Balaban J connectivity index is 1.98. The molecule has 0 aliphatic carbocycles. The molecule has 1 heterocycles. The number of nitrogens with zero attached hydrogens (tertiary/aromatic N) is 1. The molecule has 0 fully saturated rings. The predicted molar refractivity (Wildman–Crippen MR) is 74.8 cm³/mol. The number of hydrogen-bond donors (Lipinski definition) is 0. The lowest BCUT2D eigenvalue weighted by Gasteiger charge is -2.24. The van der Waals surface area contributed by atoms with Gasteiger partial charge in [-0.2, -0.15) is 0 Å². The molecule has 1 aliphatic heterocycles. The van der Waals surface area contributed by atoms with Gasteiger partial charge >= 0.3 is 0 Å². The van der Waals surface area contributed by atoms with Gasteiger partial charge in [-0.15, -0.1) is 0 Å². The molecule has 1 aliphatic rings. The van der Waals surface area contributed by atoms with Gasteiger partial charge in [0.15, 0.2) is 5.78 Å². The molecule has 18 heavy (non-hydrogen) atoms. The van der Waals surface area contributed by atoms with Crippen LogP contribution in [0.3, 0.4) is 0 Å². The third-order valence-electron chi connectivity index (χ3n) is 3.72. The van der Waals surface area contributed by atoms with Crippen molar-refractivity contribution < 1.29 is 4.79 Å². The van der Waals surface area contributed by atoms with E-state index in [2.05, 4.69) is 29.2 Å². The topological polar surface area (TPSA) is 20.3 Å². The minimum absolute atomic E-state index is 0.223. The second kappa shape index (κ2) is 5.23. The van der Waals surface area contributed by atoms with E-state index in [1.54, 1.807) is 0 Å². The van der Waals surface area contributed by atoms with E-state index in [9.17, 15) is 4.79 Å². The van der Waals surface area contributed by atoms with Crippen LogP contribution >= 0.6 is 0 Å². The van der Waals surface area contributed by atoms with Crippen LogP contribution in [-0.4, -0.2) is 30.3 Å². The Kier molecular flexibility index (Phi) is 3.86. The lowest BCUT2D eigenvalue weighted by molar-refractivity contribution is -0.127. The van der Waals surface area contributed by atoms with Crippen LogP contribution in [0.4, 0.5) is 0 Å². The summed E-state index contributed by atoms with van der Waals surface area (Å²) in [7, 11) is 0. The number of hydrogen-bond acceptors (Lipinski definition) is 2. The lowest BCUT2D eigenvalue weighted by atomic mass is 9.90. The Morgan fingerprint density at radius 2 is 1.61 bits per heavy atom. The highest BCUT2D eigenvalue weighted by Gasteiger charge is 2.24. The van der Waals surface area contributed by atoms with E-state index in [1.807, 2.05) is 20.8 Å². The number of carbonyl (C=O) groups excluding carboxylic acids is 1. The van der Waals surface area contributed by atoms with Crippen molar-refractivity contribution in [2.75, 3.05) is 19.6 Å². The molecule has 0 bridgehead atoms. The summed E-state index contributed by atoms with van der Waals surface area (Å²) in [6, 6.07) is 8.64. The first kappa shape index (κ1) is 13.3. The van der Waals surface area contributed by atoms with E-state index in [-0.39, 0.29) is 5.41 Å². The second-order valence-electron chi connectivity index (χ2n) is 6.22. The van der Waals surface area contributed by atoms with E-state index in [1.165, 1.54) is 11.1 Å². The van der Waals surface area contributed by atoms with Crippen LogP contribution < -0.4 is 0 Å². The minimum atomic E-state index is -0.223. The van der Waals surface area contributed by atoms with Gasteiger partial charge in [0.05, 0.1) is 6.54 Å². The third kappa shape index (κ3) is 3.20. The maximum atomic E-state index is 12.1. The molecule has 0 amide bonds. The zero-order valence-electron chi connectivity index (χ0n) is 11.7. The fraction of sp³-hybridized carbons (Fsp3) is 0.562. The van der Waals surface area contributed by atoms with Gasteiger partial charge in [0, 0.05) is 18.5 Å². The van der Waals surface area contributed by atoms with Gasteiger partial charge in [0.2, 0.25) is 0 Å². The average Bonchev–Trinajstić information content (AvgIpc) is 2.51. The van der Waals surface area contributed by atoms with Crippen LogP contribution in [0.1, 0.15) is 31.9 Å². The van der Waals surface area contributed by atoms with Gasteiger partial charge in [0.1, 0.15) is 0 Å². The Bertz CT molecular complexity index is 404. The summed E-state index contributed by atoms with van der Waals surface area (Å²) in [5.41, 5.74) is 2.67. The SMILES string of the molecule is CC(C)(C)C(=O)CN1CCc2ccccc2CC1. The highest BCUT2D eigenvalue weighted by Crippen LogP contribution is 2.18. The van der Waals surface area contributed by atoms with Crippen LogP contribution in [0, 0.1) is 5.41 Å². The van der Waals surface area contributed by atoms with Crippen molar-refractivity contribution in [1.82, 2.24) is 4.90 Å². The normalized spacial score (nSPS) is 17.1. The predicted octanol–water partition coefficient (Wildman–Crippen LogP) is 2.70. The highest BCUT2D eigenvalue weighted by molar-refractivity contribution is 5.85. The molecule has 98 valence electrons. The van der Waals surface area contributed by atoms with Gasteiger partial charge in [-0.05, 0) is 24.0 Å². The number of Topliss-reactive ketones (excluding diaryl/α,β-unsaturated/α-hetero) is 1. The molecule has 0 saturated heterocycles. The Labute approximate surface area is 110 Å². The smallest absolute Gasteiger partial charge is 0.152 e. The standard InChI is InChI=1S/C16H23NO/c1-16(2,3)15(18)12-17-10-8-13-6-4-5-7-14(13)9-11-17/h4-7H,8-12H2,1-3H3. The first-order valence-electron chi connectivity index (χ1n) is 6.79. The number of rotatable bonds is 2. The molecule has 2 heteroatoms. The molecule has 2 nitrogen and oxygen atoms in total. The monoisotopic (exact) mass is 245 g/mol. The summed E-state index contributed by atoms with van der Waals surface area (Å²) in [4.78, 5) is 14.4. The number of ketones is 1. The molecule has 0 radical (unpaired) electrons. The number of carbonyl (C=O) groups is 1. The lowest BCUT2D eigenvalue weighted by Crippen LogP contribution is -2.37. The van der Waals surface area contributed by atoms with Crippen molar-refractivity contribution in [2.45, 2.75) is 33.6 Å². The van der Waals surface area contributed by atoms with E-state index in [0.29, 0.717) is 12.3 Å². The molecule has 1 aromatic rings. The quantitative estimate of drug-likeness (QED) is 0.798. The van der Waals surface area contributed by atoms with Crippen molar-refractivity contribution >= 4 is 5.78 Å². The summed E-state index contributed by atoms with van der Waals surface area (Å²) in [5, 5.41) is 0. The first-order chi connectivity index (χ1) is 8.47. The molecule has 0 saturated carbocycles. The van der Waals surface area contributed by atoms with Crippen molar-refractivity contribution in [3.05, 3.63) is 35.4 Å². The molecular formula is C16H23NO. The third-order valence-corrected chi connectivity index (χ3v) is 3.72. The van der Waals surface area contributed by atoms with Crippen LogP contribution in [0.2, 0.25) is 0 Å². The molecule has 0 N–H and O–H groups in total. The van der Waals surface area contributed by atoms with Gasteiger partial charge in [0.25, 0.3) is 0 Å². The fourth-order valence-electron chi connectivity index (χ4n) is 2.31. The first-order valence-corrected chi connectivity index (χ1v) is 6.79. The fourth-order valence-corrected chi connectivity index (χ4v) is 2.31. The van der Waals surface area contributed by atoms with Crippen LogP contribution in [0.25, 0.3) is 0 Å². The van der Waals surface area contributed by atoms with Crippen molar-refractivity contribution in [3.8, 4) is 0 Å². The average molecular weight is 245 g/mol. The Morgan fingerprint density at radius 3 is 2.06 bits per heavy atom. The molecule has 0 spiro atoms. The van der Waals surface area contributed by atoms with Crippen LogP contribution in [0.5, 0.6) is 0 Å². The van der Waals surface area contributed by atoms with Gasteiger partial charge in [-0.3, -0.25) is 9.69 Å². The van der Waals surface area contributed by atoms with E-state index < -0.39 is 0 Å². The van der Waals surface area contributed by atoms with E-state index in [0.717, 1.165) is 25.9 Å². The van der Waals surface area contributed by atoms with E-state index >= 15 is 0 Å². The van der Waals surface area contributed by atoms with Gasteiger partial charge in [-0.1, -0.05) is 45.0 Å². The van der Waals surface area contributed by atoms with E-state index in [4.69, 9.17) is 0 Å². The van der Waals surface area contributed by atoms with Crippen molar-refractivity contribution in [1.29, 1.82) is 0 Å². The maximum absolute atomic E-state index is 12.1. The zero-order valence-corrected chi connectivity index (χ0v) is 11.7. The van der Waals surface area contributed by atoms with Crippen molar-refractivity contribution in [2.24, 2.45) is 5.41 Å². The molecule has 0 aromatic heterocycles. The van der Waals surface area contributed by atoms with Crippen molar-refractivity contribution in [3.63, 3.8) is 0 Å². The minimum Gasteiger partial charge on any atom is -0.298 e. The summed E-state index contributed by atoms with van der Waals surface area (Å²) in [5.74, 6) is 0.341. The summed E-state index contributed by atoms with van der Waals surface area (Å²) < 4.78 is 0. The maximum Gasteiger partial charge on any atom is 0.152 e. The molecular weight excluding hydrogens is 222 g/mol. The van der Waals surface area contributed by atoms with Crippen LogP contribution in [-0.2, 0) is 17.6 Å². The van der Waals surface area contributed by atoms with Crippen LogP contribution in [0.15, 0.2) is 24.3 Å². The summed E-state index contributed by atoms with van der Waals surface area (Å²) in [6.07, 6.45) is 2.13. The summed E-state index contributed by atoms with van der Waals surface area (Å²) in [6.45, 7) is 8.60. The number of fused-ring (bicyclic) bond motifs is 1. The summed E-state index contributed by atoms with van der Waals surface area (Å²) >= 11 is 0. The molecule has 0 atom stereocenters. The highest BCUT2D eigenvalue weighted by atomic mass is 16.1. The largest absolute Gasteiger partial charge is 0.298 e. The molecule has 2 rings (SSSR count). The van der Waals surface area contributed by atoms with Gasteiger partial charge < -0.3 is 0 Å². The Hall–Kier alpha value is -1.15. The van der Waals surface area contributed by atoms with Gasteiger partial charge in [-0.25, -0.2) is 0 Å².